The molecule has 0 aliphatic rings. The zero-order chi connectivity index (χ0) is 20.9. The Balaban J connectivity index is 2.18. The third-order valence-corrected chi connectivity index (χ3v) is 6.77. The maximum Gasteiger partial charge on any atom is 0.338 e. The molecule has 0 aromatic heterocycles. The van der Waals surface area contributed by atoms with Crippen molar-refractivity contribution < 1.29 is 22.7 Å². The summed E-state index contributed by atoms with van der Waals surface area (Å²) in [5.74, 6) is -1.10. The van der Waals surface area contributed by atoms with Crippen molar-refractivity contribution in [2.75, 3.05) is 13.1 Å². The second-order valence-corrected chi connectivity index (χ2v) is 8.89. The Kier molecular flexibility index (Phi) is 7.51. The van der Waals surface area contributed by atoms with Crippen molar-refractivity contribution >= 4 is 37.7 Å². The summed E-state index contributed by atoms with van der Waals surface area (Å²) in [4.78, 5) is 24.9. The number of halogens is 1. The molecule has 0 aliphatic heterocycles. The Morgan fingerprint density at radius 1 is 1.04 bits per heavy atom. The molecule has 28 heavy (non-hydrogen) atoms. The minimum absolute atomic E-state index is 0.0116. The number of rotatable bonds is 8. The summed E-state index contributed by atoms with van der Waals surface area (Å²) < 4.78 is 32.6. The van der Waals surface area contributed by atoms with Gasteiger partial charge in [-0.25, -0.2) is 13.2 Å². The van der Waals surface area contributed by atoms with Gasteiger partial charge in [0.15, 0.2) is 6.10 Å². The van der Waals surface area contributed by atoms with Crippen LogP contribution in [-0.2, 0) is 14.8 Å². The normalized spacial score (nSPS) is 12.6. The number of Topliss-reactive ketones (excluding diaryl/α,β-unsaturated/α-hetero) is 1. The van der Waals surface area contributed by atoms with E-state index in [-0.39, 0.29) is 16.2 Å². The molecule has 6 nitrogen and oxygen atoms in total. The molecule has 0 bridgehead atoms. The largest absolute Gasteiger partial charge is 0.451 e. The average Bonchev–Trinajstić information content (AvgIpc) is 2.68. The maximum absolute atomic E-state index is 12.6. The van der Waals surface area contributed by atoms with Gasteiger partial charge in [0.05, 0.1) is 10.5 Å². The maximum atomic E-state index is 12.6. The molecule has 0 saturated carbocycles. The molecule has 0 N–H and O–H groups in total. The van der Waals surface area contributed by atoms with Crippen molar-refractivity contribution in [2.24, 2.45) is 0 Å². The van der Waals surface area contributed by atoms with Crippen LogP contribution in [0.1, 0.15) is 41.5 Å². The molecule has 0 saturated heterocycles. The Labute approximate surface area is 173 Å². The highest BCUT2D eigenvalue weighted by Gasteiger charge is 2.24. The summed E-state index contributed by atoms with van der Waals surface area (Å²) in [6, 6.07) is 12.4. The molecule has 0 heterocycles. The van der Waals surface area contributed by atoms with Crippen LogP contribution in [0.5, 0.6) is 0 Å². The molecule has 0 aliphatic carbocycles. The Hall–Kier alpha value is -2.03. The molecule has 2 aromatic carbocycles. The van der Waals surface area contributed by atoms with Crippen LogP contribution >= 0.6 is 15.9 Å². The first-order valence-corrected chi connectivity index (χ1v) is 11.0. The van der Waals surface area contributed by atoms with Gasteiger partial charge in [0.25, 0.3) is 0 Å². The zero-order valence-electron chi connectivity index (χ0n) is 15.9. The Morgan fingerprint density at radius 3 is 2.21 bits per heavy atom. The molecule has 2 aromatic rings. The number of sulfonamides is 1. The highest BCUT2D eigenvalue weighted by molar-refractivity contribution is 9.10. The van der Waals surface area contributed by atoms with Crippen LogP contribution in [0.4, 0.5) is 0 Å². The van der Waals surface area contributed by atoms with E-state index < -0.39 is 22.1 Å². The van der Waals surface area contributed by atoms with E-state index in [4.69, 9.17) is 4.74 Å². The predicted octanol–water partition coefficient (Wildman–Crippen LogP) is 3.91. The molecule has 0 spiro atoms. The van der Waals surface area contributed by atoms with Crippen molar-refractivity contribution in [3.05, 3.63) is 64.1 Å². The van der Waals surface area contributed by atoms with Crippen molar-refractivity contribution in [1.29, 1.82) is 0 Å². The fraction of sp³-hybridized carbons (Fsp3) is 0.300. The first kappa shape index (κ1) is 22.3. The van der Waals surface area contributed by atoms with E-state index in [1.165, 1.54) is 35.5 Å². The van der Waals surface area contributed by atoms with E-state index in [0.717, 1.165) is 4.47 Å². The Bertz CT molecular complexity index is 953. The van der Waals surface area contributed by atoms with E-state index in [9.17, 15) is 18.0 Å². The van der Waals surface area contributed by atoms with Crippen LogP contribution in [0.3, 0.4) is 0 Å². The number of esters is 1. The van der Waals surface area contributed by atoms with Gasteiger partial charge < -0.3 is 4.74 Å². The summed E-state index contributed by atoms with van der Waals surface area (Å²) in [6.45, 7) is 5.63. The number of nitrogens with zero attached hydrogens (tertiary/aromatic N) is 1. The van der Waals surface area contributed by atoms with Crippen LogP contribution in [0, 0.1) is 0 Å². The van der Waals surface area contributed by atoms with Gasteiger partial charge in [-0.15, -0.1) is 0 Å². The molecule has 0 radical (unpaired) electrons. The zero-order valence-corrected chi connectivity index (χ0v) is 18.3. The lowest BCUT2D eigenvalue weighted by atomic mass is 10.1. The van der Waals surface area contributed by atoms with E-state index in [2.05, 4.69) is 15.9 Å². The summed E-state index contributed by atoms with van der Waals surface area (Å²) in [7, 11) is -3.69. The van der Waals surface area contributed by atoms with Gasteiger partial charge in [-0.05, 0) is 37.3 Å². The average molecular weight is 468 g/mol. The molecule has 0 fully saturated rings. The minimum atomic E-state index is -3.69. The first-order chi connectivity index (χ1) is 13.2. The van der Waals surface area contributed by atoms with Gasteiger partial charge in [0.2, 0.25) is 15.8 Å². The van der Waals surface area contributed by atoms with E-state index >= 15 is 0 Å². The summed E-state index contributed by atoms with van der Waals surface area (Å²) >= 11 is 3.30. The highest BCUT2D eigenvalue weighted by atomic mass is 79.9. The number of carbonyl (C=O) groups is 2. The van der Waals surface area contributed by atoms with Gasteiger partial charge in [-0.1, -0.05) is 48.0 Å². The van der Waals surface area contributed by atoms with E-state index in [0.29, 0.717) is 18.7 Å². The standard InChI is InChI=1S/C20H22BrNO5S/c1-4-22(5-2)28(25,26)18-8-6-7-16(13-18)20(24)27-14(3)19(23)15-9-11-17(21)12-10-15/h6-14H,4-5H2,1-3H3. The topological polar surface area (TPSA) is 80.8 Å². The number of ether oxygens (including phenoxy) is 1. The van der Waals surface area contributed by atoms with Gasteiger partial charge >= 0.3 is 5.97 Å². The van der Waals surface area contributed by atoms with Gasteiger partial charge in [-0.3, -0.25) is 4.79 Å². The molecule has 0 amide bonds. The smallest absolute Gasteiger partial charge is 0.338 e. The quantitative estimate of drug-likeness (QED) is 0.434. The van der Waals surface area contributed by atoms with Gasteiger partial charge in [0, 0.05) is 23.1 Å². The first-order valence-electron chi connectivity index (χ1n) is 8.81. The SMILES string of the molecule is CCN(CC)S(=O)(=O)c1cccc(C(=O)OC(C)C(=O)c2ccc(Br)cc2)c1. The van der Waals surface area contributed by atoms with E-state index in [1.807, 2.05) is 0 Å². The summed E-state index contributed by atoms with van der Waals surface area (Å²) in [6.07, 6.45) is -1.00. The van der Waals surface area contributed by atoms with Crippen LogP contribution < -0.4 is 0 Å². The van der Waals surface area contributed by atoms with Crippen LogP contribution in [0.25, 0.3) is 0 Å². The highest BCUT2D eigenvalue weighted by Crippen LogP contribution is 2.19. The number of carbonyl (C=O) groups excluding carboxylic acids is 2. The monoisotopic (exact) mass is 467 g/mol. The summed E-state index contributed by atoms with van der Waals surface area (Å²) in [5, 5.41) is 0. The number of ketones is 1. The molecular weight excluding hydrogens is 446 g/mol. The predicted molar refractivity (Wildman–Crippen MR) is 110 cm³/mol. The van der Waals surface area contributed by atoms with Gasteiger partial charge in [0.1, 0.15) is 0 Å². The molecule has 1 unspecified atom stereocenters. The number of hydrogen-bond donors (Lipinski definition) is 0. The molecule has 2 rings (SSSR count). The number of hydrogen-bond acceptors (Lipinski definition) is 5. The second-order valence-electron chi connectivity index (χ2n) is 6.04. The van der Waals surface area contributed by atoms with Crippen molar-refractivity contribution in [3.8, 4) is 0 Å². The lowest BCUT2D eigenvalue weighted by Gasteiger charge is -2.19. The third-order valence-electron chi connectivity index (χ3n) is 4.19. The molecule has 150 valence electrons. The molecule has 1 atom stereocenters. The lowest BCUT2D eigenvalue weighted by Crippen LogP contribution is -2.30. The fourth-order valence-electron chi connectivity index (χ4n) is 2.63. The van der Waals surface area contributed by atoms with Gasteiger partial charge in [-0.2, -0.15) is 4.31 Å². The third kappa shape index (κ3) is 5.06. The molecular formula is C20H22BrNO5S. The lowest BCUT2D eigenvalue weighted by molar-refractivity contribution is 0.0318. The second kappa shape index (κ2) is 9.45. The van der Waals surface area contributed by atoms with Crippen molar-refractivity contribution in [1.82, 2.24) is 4.31 Å². The fourth-order valence-corrected chi connectivity index (χ4v) is 4.40. The summed E-state index contributed by atoms with van der Waals surface area (Å²) in [5.41, 5.74) is 0.491. The van der Waals surface area contributed by atoms with E-state index in [1.54, 1.807) is 38.1 Å². The van der Waals surface area contributed by atoms with Crippen molar-refractivity contribution in [3.63, 3.8) is 0 Å². The minimum Gasteiger partial charge on any atom is -0.451 e. The van der Waals surface area contributed by atoms with Crippen LogP contribution in [-0.4, -0.2) is 43.7 Å². The van der Waals surface area contributed by atoms with Crippen LogP contribution in [0.2, 0.25) is 0 Å². The Morgan fingerprint density at radius 2 is 1.64 bits per heavy atom. The van der Waals surface area contributed by atoms with Crippen LogP contribution in [0.15, 0.2) is 57.9 Å². The van der Waals surface area contributed by atoms with Crippen molar-refractivity contribution in [2.45, 2.75) is 31.8 Å². The number of benzene rings is 2. The molecule has 8 heteroatoms.